The molecule has 0 atom stereocenters. The second-order valence-corrected chi connectivity index (χ2v) is 4.32. The Morgan fingerprint density at radius 3 is 2.40 bits per heavy atom. The molecule has 0 fully saturated rings. The van der Waals surface area contributed by atoms with Gasteiger partial charge >= 0.3 is 6.09 Å². The number of nitrogens with zero attached hydrogens (tertiary/aromatic N) is 2. The first-order valence-corrected chi connectivity index (χ1v) is 6.92. The number of hydrogen-bond donors (Lipinski definition) is 3. The number of nitrogens with two attached hydrogens (primary N) is 1. The van der Waals surface area contributed by atoms with Crippen molar-refractivity contribution in [3.63, 3.8) is 0 Å². The molecule has 20 heavy (non-hydrogen) atoms. The fraction of sp³-hybridized carbons (Fsp3) is 0.615. The third-order valence-electron chi connectivity index (χ3n) is 2.63. The normalized spacial score (nSPS) is 10.1. The number of ether oxygens (including phenoxy) is 1. The Bertz CT molecular complexity index is 425. The van der Waals surface area contributed by atoms with Crippen molar-refractivity contribution in [3.8, 4) is 0 Å². The molecule has 4 N–H and O–H groups in total. The molecular formula is C13H23N5O2. The molecule has 1 aromatic heterocycles. The number of hydrogen-bond acceptors (Lipinski definition) is 6. The van der Waals surface area contributed by atoms with Crippen LogP contribution in [0.4, 0.5) is 16.4 Å². The average molecular weight is 281 g/mol. The maximum Gasteiger partial charge on any atom is 0.404 e. The minimum atomic E-state index is -0.770. The first-order chi connectivity index (χ1) is 9.69. The number of nitrogens with one attached hydrogen (secondary N) is 2. The zero-order valence-corrected chi connectivity index (χ0v) is 12.1. The van der Waals surface area contributed by atoms with Crippen LogP contribution < -0.4 is 16.4 Å². The molecule has 0 radical (unpaired) electrons. The average Bonchev–Trinajstić information content (AvgIpc) is 2.43. The molecule has 0 unspecified atom stereocenters. The maximum atomic E-state index is 10.5. The zero-order chi connectivity index (χ0) is 14.8. The summed E-state index contributed by atoms with van der Waals surface area (Å²) >= 11 is 0. The number of primary amides is 1. The van der Waals surface area contributed by atoms with Crippen LogP contribution in [-0.4, -0.2) is 35.8 Å². The molecule has 0 aliphatic heterocycles. The third-order valence-corrected chi connectivity index (χ3v) is 2.63. The van der Waals surface area contributed by atoms with E-state index in [1.165, 1.54) is 6.33 Å². The highest BCUT2D eigenvalue weighted by molar-refractivity contribution is 5.64. The fourth-order valence-corrected chi connectivity index (χ4v) is 1.77. The van der Waals surface area contributed by atoms with Gasteiger partial charge in [0, 0.05) is 12.1 Å². The van der Waals surface area contributed by atoms with E-state index in [4.69, 9.17) is 5.73 Å². The summed E-state index contributed by atoms with van der Waals surface area (Å²) in [5.41, 5.74) is 5.96. The van der Waals surface area contributed by atoms with Crippen molar-refractivity contribution in [1.29, 1.82) is 0 Å². The van der Waals surface area contributed by atoms with E-state index in [1.54, 1.807) is 0 Å². The molecule has 0 spiro atoms. The first-order valence-electron chi connectivity index (χ1n) is 6.92. The number of rotatable bonds is 9. The Morgan fingerprint density at radius 1 is 1.20 bits per heavy atom. The van der Waals surface area contributed by atoms with E-state index < -0.39 is 6.09 Å². The number of carbonyl (C=O) groups is 1. The van der Waals surface area contributed by atoms with Gasteiger partial charge in [0.2, 0.25) is 0 Å². The van der Waals surface area contributed by atoms with E-state index in [-0.39, 0.29) is 6.61 Å². The van der Waals surface area contributed by atoms with Crippen molar-refractivity contribution in [2.45, 2.75) is 33.1 Å². The lowest BCUT2D eigenvalue weighted by Gasteiger charge is -2.14. The molecule has 0 aliphatic rings. The second kappa shape index (κ2) is 8.95. The summed E-state index contributed by atoms with van der Waals surface area (Å²) in [6.07, 6.45) is 3.67. The highest BCUT2D eigenvalue weighted by Crippen LogP contribution is 2.21. The van der Waals surface area contributed by atoms with Gasteiger partial charge < -0.3 is 21.1 Å². The topological polar surface area (TPSA) is 102 Å². The fourth-order valence-electron chi connectivity index (χ4n) is 1.77. The summed E-state index contributed by atoms with van der Waals surface area (Å²) in [5.74, 6) is 1.63. The van der Waals surface area contributed by atoms with Gasteiger partial charge in [0.15, 0.2) is 0 Å². The van der Waals surface area contributed by atoms with Crippen molar-refractivity contribution >= 4 is 17.7 Å². The van der Waals surface area contributed by atoms with Crippen molar-refractivity contribution < 1.29 is 9.53 Å². The van der Waals surface area contributed by atoms with E-state index in [9.17, 15) is 4.79 Å². The standard InChI is InChI=1S/C13H23N5O2/c1-3-5-10-11(15-6-4-2)17-9-18-12(10)16-7-8-20-13(14)19/h9H,3-8H2,1-2H3,(H2,14,19)(H2,15,16,17,18). The summed E-state index contributed by atoms with van der Waals surface area (Å²) in [4.78, 5) is 19.0. The van der Waals surface area contributed by atoms with Gasteiger partial charge in [0.05, 0.1) is 6.54 Å². The summed E-state index contributed by atoms with van der Waals surface area (Å²) in [6.45, 7) is 5.76. The van der Waals surface area contributed by atoms with Crippen LogP contribution in [0.15, 0.2) is 6.33 Å². The molecule has 112 valence electrons. The summed E-state index contributed by atoms with van der Waals surface area (Å²) in [7, 11) is 0. The minimum Gasteiger partial charge on any atom is -0.448 e. The lowest BCUT2D eigenvalue weighted by Crippen LogP contribution is -2.19. The monoisotopic (exact) mass is 281 g/mol. The number of anilines is 2. The van der Waals surface area contributed by atoms with Gasteiger partial charge in [-0.2, -0.15) is 0 Å². The van der Waals surface area contributed by atoms with Crippen LogP contribution in [0.5, 0.6) is 0 Å². The smallest absolute Gasteiger partial charge is 0.404 e. The van der Waals surface area contributed by atoms with Crippen LogP contribution in [0, 0.1) is 0 Å². The van der Waals surface area contributed by atoms with E-state index in [1.807, 2.05) is 0 Å². The predicted octanol–water partition coefficient (Wildman–Crippen LogP) is 1.76. The van der Waals surface area contributed by atoms with E-state index in [2.05, 4.69) is 39.2 Å². The molecule has 0 aliphatic carbocycles. The number of aromatic nitrogens is 2. The van der Waals surface area contributed by atoms with E-state index in [0.717, 1.165) is 43.0 Å². The van der Waals surface area contributed by atoms with Crippen LogP contribution >= 0.6 is 0 Å². The zero-order valence-electron chi connectivity index (χ0n) is 12.1. The Hall–Kier alpha value is -2.05. The van der Waals surface area contributed by atoms with Gasteiger partial charge in [0.25, 0.3) is 0 Å². The first kappa shape index (κ1) is 16.0. The summed E-state index contributed by atoms with van der Waals surface area (Å²) in [6, 6.07) is 0. The molecule has 1 heterocycles. The SMILES string of the molecule is CCCNc1ncnc(NCCOC(N)=O)c1CCC. The summed E-state index contributed by atoms with van der Waals surface area (Å²) < 4.78 is 4.68. The molecule has 1 aromatic rings. The van der Waals surface area contributed by atoms with Gasteiger partial charge in [-0.1, -0.05) is 20.3 Å². The number of carbonyl (C=O) groups excluding carboxylic acids is 1. The van der Waals surface area contributed by atoms with Crippen LogP contribution in [0.1, 0.15) is 32.3 Å². The van der Waals surface area contributed by atoms with Crippen LogP contribution in [0.2, 0.25) is 0 Å². The second-order valence-electron chi connectivity index (χ2n) is 4.32. The Balaban J connectivity index is 2.69. The van der Waals surface area contributed by atoms with Crippen molar-refractivity contribution in [1.82, 2.24) is 9.97 Å². The molecule has 0 saturated heterocycles. The Morgan fingerprint density at radius 2 is 1.85 bits per heavy atom. The lowest BCUT2D eigenvalue weighted by molar-refractivity contribution is 0.161. The molecule has 1 amide bonds. The van der Waals surface area contributed by atoms with Gasteiger partial charge in [0.1, 0.15) is 24.6 Å². The van der Waals surface area contributed by atoms with Crippen molar-refractivity contribution in [2.24, 2.45) is 5.73 Å². The van der Waals surface area contributed by atoms with Crippen molar-refractivity contribution in [3.05, 3.63) is 11.9 Å². The van der Waals surface area contributed by atoms with Gasteiger partial charge in [-0.15, -0.1) is 0 Å². The Kier molecular flexibility index (Phi) is 7.16. The highest BCUT2D eigenvalue weighted by Gasteiger charge is 2.10. The third kappa shape index (κ3) is 5.29. The molecule has 7 heteroatoms. The molecule has 0 aromatic carbocycles. The molecule has 0 bridgehead atoms. The van der Waals surface area contributed by atoms with Crippen LogP contribution in [0.25, 0.3) is 0 Å². The minimum absolute atomic E-state index is 0.211. The number of amides is 1. The van der Waals surface area contributed by atoms with Gasteiger partial charge in [-0.3, -0.25) is 0 Å². The van der Waals surface area contributed by atoms with Gasteiger partial charge in [-0.05, 0) is 12.8 Å². The molecule has 1 rings (SSSR count). The predicted molar refractivity (Wildman–Crippen MR) is 78.8 cm³/mol. The summed E-state index contributed by atoms with van der Waals surface area (Å²) in [5, 5.41) is 6.45. The van der Waals surface area contributed by atoms with Crippen molar-refractivity contribution in [2.75, 3.05) is 30.3 Å². The molecule has 7 nitrogen and oxygen atoms in total. The largest absolute Gasteiger partial charge is 0.448 e. The lowest BCUT2D eigenvalue weighted by atomic mass is 10.1. The van der Waals surface area contributed by atoms with Crippen LogP contribution in [-0.2, 0) is 11.2 Å². The van der Waals surface area contributed by atoms with E-state index >= 15 is 0 Å². The molecule has 0 saturated carbocycles. The highest BCUT2D eigenvalue weighted by atomic mass is 16.5. The van der Waals surface area contributed by atoms with Crippen LogP contribution in [0.3, 0.4) is 0 Å². The maximum absolute atomic E-state index is 10.5. The molecular weight excluding hydrogens is 258 g/mol. The quantitative estimate of drug-likeness (QED) is 0.596. The Labute approximate surface area is 119 Å². The van der Waals surface area contributed by atoms with Gasteiger partial charge in [-0.25, -0.2) is 14.8 Å². The van der Waals surface area contributed by atoms with E-state index in [0.29, 0.717) is 6.54 Å².